The molecule has 1 atom stereocenters. The van der Waals surface area contributed by atoms with Crippen LogP contribution in [0.1, 0.15) is 17.3 Å². The Morgan fingerprint density at radius 2 is 1.64 bits per heavy atom. The number of carbonyl (C=O) groups is 2. The summed E-state index contributed by atoms with van der Waals surface area (Å²) in [4.78, 5) is 24.5. The fourth-order valence-electron chi connectivity index (χ4n) is 2.46. The van der Waals surface area contributed by atoms with Gasteiger partial charge in [-0.25, -0.2) is 0 Å². The molecule has 0 aliphatic heterocycles. The van der Waals surface area contributed by atoms with Crippen molar-refractivity contribution in [2.75, 3.05) is 5.32 Å². The summed E-state index contributed by atoms with van der Waals surface area (Å²) in [6.07, 6.45) is 0. The monoisotopic (exact) mass is 350 g/mol. The number of hydrogen-bond acceptors (Lipinski definition) is 3. The van der Waals surface area contributed by atoms with E-state index in [-0.39, 0.29) is 11.2 Å². The Balaban J connectivity index is 1.66. The lowest BCUT2D eigenvalue weighted by Gasteiger charge is -2.12. The summed E-state index contributed by atoms with van der Waals surface area (Å²) >= 11 is 1.51. The van der Waals surface area contributed by atoms with Crippen molar-refractivity contribution in [1.82, 2.24) is 0 Å². The zero-order chi connectivity index (χ0) is 17.8. The molecule has 3 aromatic rings. The normalized spacial score (nSPS) is 11.9. The second kappa shape index (κ2) is 7.40. The Hall–Kier alpha value is -2.79. The second-order valence-electron chi connectivity index (χ2n) is 5.70. The standard InChI is InChI=1S/C20H18N2O2S/c1-13(20(24)22-17-9-6-15(7-10-17)19(21)23)25-18-11-8-14-4-2-3-5-16(14)12-18/h2-13H,1H3,(H2,21,23)(H,22,24). The molecule has 25 heavy (non-hydrogen) atoms. The topological polar surface area (TPSA) is 72.2 Å². The highest BCUT2D eigenvalue weighted by atomic mass is 32.2. The average molecular weight is 350 g/mol. The quantitative estimate of drug-likeness (QED) is 0.682. The van der Waals surface area contributed by atoms with Crippen molar-refractivity contribution < 1.29 is 9.59 Å². The largest absolute Gasteiger partial charge is 0.366 e. The van der Waals surface area contributed by atoms with E-state index in [0.29, 0.717) is 11.3 Å². The minimum Gasteiger partial charge on any atom is -0.366 e. The molecular weight excluding hydrogens is 332 g/mol. The van der Waals surface area contributed by atoms with Gasteiger partial charge in [0.25, 0.3) is 0 Å². The van der Waals surface area contributed by atoms with Crippen LogP contribution in [0.25, 0.3) is 10.8 Å². The lowest BCUT2D eigenvalue weighted by Crippen LogP contribution is -2.22. The van der Waals surface area contributed by atoms with Gasteiger partial charge >= 0.3 is 0 Å². The molecule has 5 heteroatoms. The van der Waals surface area contributed by atoms with E-state index in [1.54, 1.807) is 24.3 Å². The Bertz CT molecular complexity index is 922. The summed E-state index contributed by atoms with van der Waals surface area (Å²) in [5, 5.41) is 4.93. The third-order valence-electron chi connectivity index (χ3n) is 3.84. The first kappa shape index (κ1) is 17.0. The fraction of sp³-hybridized carbons (Fsp3) is 0.100. The molecule has 1 unspecified atom stereocenters. The van der Waals surface area contributed by atoms with Crippen molar-refractivity contribution in [3.63, 3.8) is 0 Å². The van der Waals surface area contributed by atoms with E-state index in [1.165, 1.54) is 17.1 Å². The lowest BCUT2D eigenvalue weighted by molar-refractivity contribution is -0.115. The Labute approximate surface area is 150 Å². The number of rotatable bonds is 5. The first-order valence-corrected chi connectivity index (χ1v) is 8.77. The SMILES string of the molecule is CC(Sc1ccc2ccccc2c1)C(=O)Nc1ccc(C(N)=O)cc1. The number of hydrogen-bond donors (Lipinski definition) is 2. The lowest BCUT2D eigenvalue weighted by atomic mass is 10.1. The highest BCUT2D eigenvalue weighted by Gasteiger charge is 2.15. The fourth-order valence-corrected chi connectivity index (χ4v) is 3.38. The van der Waals surface area contributed by atoms with Crippen LogP contribution in [0.4, 0.5) is 5.69 Å². The average Bonchev–Trinajstić information content (AvgIpc) is 2.62. The zero-order valence-corrected chi connectivity index (χ0v) is 14.5. The summed E-state index contributed by atoms with van der Waals surface area (Å²) in [6, 6.07) is 20.8. The van der Waals surface area contributed by atoms with E-state index in [2.05, 4.69) is 29.6 Å². The molecule has 3 rings (SSSR count). The van der Waals surface area contributed by atoms with Crippen molar-refractivity contribution in [2.24, 2.45) is 5.73 Å². The number of primary amides is 1. The van der Waals surface area contributed by atoms with Crippen molar-refractivity contribution in [1.29, 1.82) is 0 Å². The van der Waals surface area contributed by atoms with Crippen molar-refractivity contribution >= 4 is 40.0 Å². The molecule has 0 fully saturated rings. The van der Waals surface area contributed by atoms with Gasteiger partial charge in [-0.2, -0.15) is 0 Å². The summed E-state index contributed by atoms with van der Waals surface area (Å²) < 4.78 is 0. The van der Waals surface area contributed by atoms with E-state index in [1.807, 2.05) is 25.1 Å². The van der Waals surface area contributed by atoms with E-state index in [0.717, 1.165) is 10.3 Å². The first-order valence-electron chi connectivity index (χ1n) is 7.89. The molecular formula is C20H18N2O2S. The molecule has 0 spiro atoms. The van der Waals surface area contributed by atoms with Crippen LogP contribution in [0.3, 0.4) is 0 Å². The zero-order valence-electron chi connectivity index (χ0n) is 13.7. The maximum Gasteiger partial charge on any atom is 0.248 e. The predicted octanol–water partition coefficient (Wildman–Crippen LogP) is 4.06. The molecule has 126 valence electrons. The van der Waals surface area contributed by atoms with Gasteiger partial charge in [0.05, 0.1) is 5.25 Å². The number of thioether (sulfide) groups is 1. The molecule has 0 saturated heterocycles. The minimum absolute atomic E-state index is 0.0926. The molecule has 0 aliphatic carbocycles. The maximum absolute atomic E-state index is 12.4. The molecule has 3 aromatic carbocycles. The third-order valence-corrected chi connectivity index (χ3v) is 4.93. The van der Waals surface area contributed by atoms with E-state index >= 15 is 0 Å². The number of carbonyl (C=O) groups excluding carboxylic acids is 2. The van der Waals surface area contributed by atoms with Crippen LogP contribution in [0.15, 0.2) is 71.6 Å². The summed E-state index contributed by atoms with van der Waals surface area (Å²) in [5.74, 6) is -0.580. The second-order valence-corrected chi connectivity index (χ2v) is 7.11. The maximum atomic E-state index is 12.4. The summed E-state index contributed by atoms with van der Waals surface area (Å²) in [5.41, 5.74) is 6.26. The van der Waals surface area contributed by atoms with Gasteiger partial charge in [0, 0.05) is 16.1 Å². The Kier molecular flexibility index (Phi) is 5.05. The van der Waals surface area contributed by atoms with Crippen molar-refractivity contribution in [3.05, 3.63) is 72.3 Å². The third kappa shape index (κ3) is 4.19. The van der Waals surface area contributed by atoms with Gasteiger partial charge < -0.3 is 11.1 Å². The number of anilines is 1. The van der Waals surface area contributed by atoms with Gasteiger partial charge in [-0.15, -0.1) is 11.8 Å². The number of nitrogens with two attached hydrogens (primary N) is 1. The first-order chi connectivity index (χ1) is 12.0. The molecule has 0 aliphatic rings. The molecule has 0 saturated carbocycles. The van der Waals surface area contributed by atoms with Gasteiger partial charge in [-0.3, -0.25) is 9.59 Å². The number of nitrogens with one attached hydrogen (secondary N) is 1. The highest BCUT2D eigenvalue weighted by Crippen LogP contribution is 2.27. The van der Waals surface area contributed by atoms with Crippen LogP contribution < -0.4 is 11.1 Å². The predicted molar refractivity (Wildman–Crippen MR) is 103 cm³/mol. The highest BCUT2D eigenvalue weighted by molar-refractivity contribution is 8.00. The summed E-state index contributed by atoms with van der Waals surface area (Å²) in [6.45, 7) is 1.87. The smallest absolute Gasteiger partial charge is 0.248 e. The van der Waals surface area contributed by atoms with Crippen LogP contribution in [-0.4, -0.2) is 17.1 Å². The Morgan fingerprint density at radius 1 is 0.960 bits per heavy atom. The molecule has 0 aromatic heterocycles. The van der Waals surface area contributed by atoms with Gasteiger partial charge in [0.1, 0.15) is 0 Å². The van der Waals surface area contributed by atoms with Gasteiger partial charge in [-0.05, 0) is 54.1 Å². The van der Waals surface area contributed by atoms with E-state index in [4.69, 9.17) is 5.73 Å². The molecule has 3 N–H and O–H groups in total. The molecule has 0 bridgehead atoms. The van der Waals surface area contributed by atoms with Crippen LogP contribution in [-0.2, 0) is 4.79 Å². The molecule has 4 nitrogen and oxygen atoms in total. The van der Waals surface area contributed by atoms with Crippen LogP contribution >= 0.6 is 11.8 Å². The molecule has 2 amide bonds. The van der Waals surface area contributed by atoms with E-state index in [9.17, 15) is 9.59 Å². The molecule has 0 radical (unpaired) electrons. The van der Waals surface area contributed by atoms with Crippen LogP contribution in [0.2, 0.25) is 0 Å². The molecule has 0 heterocycles. The van der Waals surface area contributed by atoms with Gasteiger partial charge in [0.15, 0.2) is 0 Å². The number of amides is 2. The number of benzene rings is 3. The van der Waals surface area contributed by atoms with Gasteiger partial charge in [0.2, 0.25) is 11.8 Å². The Morgan fingerprint density at radius 3 is 2.32 bits per heavy atom. The van der Waals surface area contributed by atoms with E-state index < -0.39 is 5.91 Å². The minimum atomic E-state index is -0.488. The number of fused-ring (bicyclic) bond motifs is 1. The van der Waals surface area contributed by atoms with Crippen LogP contribution in [0.5, 0.6) is 0 Å². The van der Waals surface area contributed by atoms with Crippen molar-refractivity contribution in [2.45, 2.75) is 17.1 Å². The summed E-state index contributed by atoms with van der Waals surface area (Å²) in [7, 11) is 0. The van der Waals surface area contributed by atoms with Gasteiger partial charge in [-0.1, -0.05) is 30.3 Å². The van der Waals surface area contributed by atoms with Crippen molar-refractivity contribution in [3.8, 4) is 0 Å². The van der Waals surface area contributed by atoms with Crippen LogP contribution in [0, 0.1) is 0 Å².